The van der Waals surface area contributed by atoms with Gasteiger partial charge in [-0.2, -0.15) is 0 Å². The van der Waals surface area contributed by atoms with Crippen molar-refractivity contribution in [3.63, 3.8) is 0 Å². The molecule has 150 valence electrons. The molecule has 0 radical (unpaired) electrons. The second-order valence-corrected chi connectivity index (χ2v) is 7.93. The van der Waals surface area contributed by atoms with Gasteiger partial charge in [-0.3, -0.25) is 14.6 Å². The Morgan fingerprint density at radius 2 is 2.04 bits per heavy atom. The molecule has 0 unspecified atom stereocenters. The van der Waals surface area contributed by atoms with Gasteiger partial charge in [-0.15, -0.1) is 0 Å². The Labute approximate surface area is 162 Å². The van der Waals surface area contributed by atoms with E-state index in [2.05, 4.69) is 16.8 Å². The Morgan fingerprint density at radius 1 is 1.19 bits per heavy atom. The Hall–Kier alpha value is -1.50. The first kappa shape index (κ1) is 20.2. The van der Waals surface area contributed by atoms with Gasteiger partial charge in [-0.05, 0) is 44.0 Å². The average molecular weight is 378 g/mol. The maximum absolute atomic E-state index is 13.4. The van der Waals surface area contributed by atoms with Crippen molar-refractivity contribution in [2.45, 2.75) is 31.2 Å². The normalized spacial score (nSPS) is 25.1. The van der Waals surface area contributed by atoms with Crippen LogP contribution in [0, 0.1) is 5.82 Å². The minimum Gasteiger partial charge on any atom is -0.383 e. The van der Waals surface area contributed by atoms with E-state index >= 15 is 0 Å². The molecule has 2 fully saturated rings. The van der Waals surface area contributed by atoms with Crippen LogP contribution in [0.15, 0.2) is 24.3 Å². The minimum atomic E-state index is -0.166. The van der Waals surface area contributed by atoms with Gasteiger partial charge >= 0.3 is 0 Å². The highest BCUT2D eigenvalue weighted by Gasteiger charge is 2.41. The van der Waals surface area contributed by atoms with Crippen molar-refractivity contribution < 1.29 is 13.9 Å². The van der Waals surface area contributed by atoms with Gasteiger partial charge in [0.1, 0.15) is 5.82 Å². The highest BCUT2D eigenvalue weighted by Crippen LogP contribution is 2.32. The molecule has 1 atom stereocenters. The summed E-state index contributed by atoms with van der Waals surface area (Å²) in [4.78, 5) is 19.4. The van der Waals surface area contributed by atoms with Crippen molar-refractivity contribution >= 4 is 5.91 Å². The first-order valence-corrected chi connectivity index (χ1v) is 9.97. The topological polar surface area (TPSA) is 36.0 Å². The van der Waals surface area contributed by atoms with E-state index in [1.54, 1.807) is 19.2 Å². The van der Waals surface area contributed by atoms with Gasteiger partial charge in [0, 0.05) is 58.3 Å². The number of carbonyl (C=O) groups excluding carboxylic acids is 1. The molecular weight excluding hydrogens is 345 g/mol. The zero-order chi connectivity index (χ0) is 19.3. The van der Waals surface area contributed by atoms with Crippen LogP contribution in [0.5, 0.6) is 0 Å². The van der Waals surface area contributed by atoms with Crippen molar-refractivity contribution in [1.29, 1.82) is 0 Å². The molecule has 0 aliphatic carbocycles. The number of halogens is 1. The lowest BCUT2D eigenvalue weighted by atomic mass is 9.86. The second kappa shape index (κ2) is 9.13. The number of hydrogen-bond donors (Lipinski definition) is 0. The number of likely N-dealkylation sites (tertiary alicyclic amines) is 1. The largest absolute Gasteiger partial charge is 0.383 e. The van der Waals surface area contributed by atoms with E-state index in [9.17, 15) is 9.18 Å². The number of methoxy groups -OCH3 is 1. The Balaban J connectivity index is 1.61. The summed E-state index contributed by atoms with van der Waals surface area (Å²) in [5.74, 6) is 0.0787. The van der Waals surface area contributed by atoms with Gasteiger partial charge in [0.25, 0.3) is 0 Å². The number of carbonyl (C=O) groups is 1. The van der Waals surface area contributed by atoms with Crippen LogP contribution < -0.4 is 0 Å². The van der Waals surface area contributed by atoms with Crippen LogP contribution in [0.2, 0.25) is 0 Å². The average Bonchev–Trinajstić information content (AvgIpc) is 2.81. The third kappa shape index (κ3) is 5.06. The van der Waals surface area contributed by atoms with Crippen molar-refractivity contribution in [1.82, 2.24) is 14.7 Å². The van der Waals surface area contributed by atoms with Crippen LogP contribution in [0.1, 0.15) is 24.8 Å². The molecule has 1 spiro atoms. The number of ether oxygens (including phenoxy) is 1. The van der Waals surface area contributed by atoms with E-state index < -0.39 is 0 Å². The van der Waals surface area contributed by atoms with Crippen molar-refractivity contribution in [3.05, 3.63) is 35.6 Å². The molecule has 2 aliphatic heterocycles. The molecule has 6 heteroatoms. The number of piperazine rings is 1. The molecular formula is C21H32FN3O2. The second-order valence-electron chi connectivity index (χ2n) is 7.93. The Morgan fingerprint density at radius 3 is 2.81 bits per heavy atom. The van der Waals surface area contributed by atoms with Crippen LogP contribution in [-0.2, 0) is 16.0 Å². The molecule has 2 aliphatic rings. The lowest BCUT2D eigenvalue weighted by Gasteiger charge is -2.49. The number of nitrogens with zero attached hydrogens (tertiary/aromatic N) is 3. The summed E-state index contributed by atoms with van der Waals surface area (Å²) in [6, 6.07) is 6.89. The van der Waals surface area contributed by atoms with Crippen molar-refractivity contribution in [2.75, 3.05) is 60.0 Å². The first-order valence-electron chi connectivity index (χ1n) is 9.97. The number of likely N-dealkylation sites (N-methyl/N-ethyl adjacent to an activating group) is 1. The first-order chi connectivity index (χ1) is 13.0. The summed E-state index contributed by atoms with van der Waals surface area (Å²) in [5, 5.41) is 0. The lowest BCUT2D eigenvalue weighted by molar-refractivity contribution is -0.131. The molecule has 1 aromatic rings. The molecule has 3 rings (SSSR count). The van der Waals surface area contributed by atoms with Gasteiger partial charge in [-0.25, -0.2) is 4.39 Å². The Bertz CT molecular complexity index is 642. The molecule has 0 N–H and O–H groups in total. The van der Waals surface area contributed by atoms with Crippen LogP contribution in [0.25, 0.3) is 0 Å². The predicted molar refractivity (Wildman–Crippen MR) is 104 cm³/mol. The number of benzene rings is 1. The third-order valence-corrected chi connectivity index (χ3v) is 6.25. The van der Waals surface area contributed by atoms with E-state index in [-0.39, 0.29) is 17.3 Å². The number of amides is 1. The highest BCUT2D eigenvalue weighted by atomic mass is 19.1. The van der Waals surface area contributed by atoms with E-state index in [0.717, 1.165) is 57.5 Å². The standard InChI is InChI=1S/C21H32FN3O2/c1-23-12-13-24(10-7-18-4-3-5-19(22)16-18)17-21(23)8-6-20(26)25(11-9-21)14-15-27-2/h3-5,16H,6-15,17H2,1-2H3/t21-/m1/s1. The van der Waals surface area contributed by atoms with Crippen molar-refractivity contribution in [2.24, 2.45) is 0 Å². The summed E-state index contributed by atoms with van der Waals surface area (Å²) in [6.07, 6.45) is 3.36. The smallest absolute Gasteiger partial charge is 0.222 e. The van der Waals surface area contributed by atoms with Gasteiger partial charge < -0.3 is 9.64 Å². The third-order valence-electron chi connectivity index (χ3n) is 6.25. The maximum Gasteiger partial charge on any atom is 0.222 e. The fourth-order valence-corrected chi connectivity index (χ4v) is 4.38. The highest BCUT2D eigenvalue weighted by molar-refractivity contribution is 5.76. The molecule has 2 heterocycles. The summed E-state index contributed by atoms with van der Waals surface area (Å²) in [5.41, 5.74) is 1.10. The van der Waals surface area contributed by atoms with Crippen LogP contribution in [0.3, 0.4) is 0 Å². The fourth-order valence-electron chi connectivity index (χ4n) is 4.38. The maximum atomic E-state index is 13.4. The Kier molecular flexibility index (Phi) is 6.84. The quantitative estimate of drug-likeness (QED) is 0.760. The van der Waals surface area contributed by atoms with Gasteiger partial charge in [0.15, 0.2) is 0 Å². The molecule has 1 amide bonds. The number of hydrogen-bond acceptors (Lipinski definition) is 4. The van der Waals surface area contributed by atoms with E-state index in [4.69, 9.17) is 4.74 Å². The lowest BCUT2D eigenvalue weighted by Crippen LogP contribution is -2.61. The van der Waals surface area contributed by atoms with Crippen LogP contribution >= 0.6 is 0 Å². The predicted octanol–water partition coefficient (Wildman–Crippen LogP) is 2.01. The summed E-state index contributed by atoms with van der Waals surface area (Å²) < 4.78 is 18.6. The monoisotopic (exact) mass is 377 g/mol. The van der Waals surface area contributed by atoms with E-state index in [1.807, 2.05) is 11.0 Å². The van der Waals surface area contributed by atoms with Crippen LogP contribution in [0.4, 0.5) is 4.39 Å². The summed E-state index contributed by atoms with van der Waals surface area (Å²) in [6.45, 7) is 6.01. The van der Waals surface area contributed by atoms with E-state index in [0.29, 0.717) is 19.6 Å². The van der Waals surface area contributed by atoms with Gasteiger partial charge in [-0.1, -0.05) is 12.1 Å². The van der Waals surface area contributed by atoms with Gasteiger partial charge in [0.2, 0.25) is 5.91 Å². The molecule has 5 nitrogen and oxygen atoms in total. The SMILES string of the molecule is COCCN1CC[C@]2(CCC1=O)CN(CCc1cccc(F)c1)CCN2C. The molecule has 27 heavy (non-hydrogen) atoms. The zero-order valence-corrected chi connectivity index (χ0v) is 16.6. The fraction of sp³-hybridized carbons (Fsp3) is 0.667. The summed E-state index contributed by atoms with van der Waals surface area (Å²) >= 11 is 0. The molecule has 1 aromatic carbocycles. The summed E-state index contributed by atoms with van der Waals surface area (Å²) in [7, 11) is 3.87. The molecule has 0 aromatic heterocycles. The number of rotatable bonds is 6. The minimum absolute atomic E-state index is 0.0532. The van der Waals surface area contributed by atoms with E-state index in [1.165, 1.54) is 6.07 Å². The van der Waals surface area contributed by atoms with Crippen molar-refractivity contribution in [3.8, 4) is 0 Å². The molecule has 0 bridgehead atoms. The zero-order valence-electron chi connectivity index (χ0n) is 16.6. The molecule has 0 saturated carbocycles. The van der Waals surface area contributed by atoms with Gasteiger partial charge in [0.05, 0.1) is 6.61 Å². The molecule has 2 saturated heterocycles. The van der Waals surface area contributed by atoms with Crippen LogP contribution in [-0.4, -0.2) is 86.2 Å².